The summed E-state index contributed by atoms with van der Waals surface area (Å²) in [6.07, 6.45) is 0. The summed E-state index contributed by atoms with van der Waals surface area (Å²) in [5, 5.41) is 2.50. The molecule has 0 aliphatic heterocycles. The van der Waals surface area contributed by atoms with E-state index in [9.17, 15) is 22.4 Å². The second kappa shape index (κ2) is 11.3. The molecule has 1 atom stereocenters. The molecule has 3 aromatic carbocycles. The summed E-state index contributed by atoms with van der Waals surface area (Å²) in [7, 11) is -2.70. The monoisotopic (exact) mass is 511 g/mol. The number of benzene rings is 3. The highest BCUT2D eigenvalue weighted by Gasteiger charge is 2.32. The SMILES string of the molecule is CNC(=O)C(C)N(Cc1ccccc1F)C(=O)CN(c1cc(C)cc(C)c1)S(=O)(=O)c1ccccc1. The van der Waals surface area contributed by atoms with E-state index < -0.39 is 40.2 Å². The first kappa shape index (κ1) is 26.9. The summed E-state index contributed by atoms with van der Waals surface area (Å²) in [6.45, 7) is 4.42. The quantitative estimate of drug-likeness (QED) is 0.474. The number of halogens is 1. The minimum absolute atomic E-state index is 0.0250. The van der Waals surface area contributed by atoms with Crippen LogP contribution in [0.4, 0.5) is 10.1 Å². The maximum absolute atomic E-state index is 14.4. The number of anilines is 1. The zero-order valence-corrected chi connectivity index (χ0v) is 21.5. The first-order valence-corrected chi connectivity index (χ1v) is 12.9. The number of sulfonamides is 1. The number of amides is 2. The number of nitrogens with zero attached hydrogens (tertiary/aromatic N) is 2. The Kier molecular flexibility index (Phi) is 8.47. The lowest BCUT2D eigenvalue weighted by Crippen LogP contribution is -2.50. The van der Waals surface area contributed by atoms with Gasteiger partial charge in [0.15, 0.2) is 0 Å². The molecule has 1 unspecified atom stereocenters. The third-order valence-corrected chi connectivity index (χ3v) is 7.60. The van der Waals surface area contributed by atoms with Gasteiger partial charge in [0.2, 0.25) is 11.8 Å². The smallest absolute Gasteiger partial charge is 0.264 e. The number of rotatable bonds is 9. The van der Waals surface area contributed by atoms with Crippen LogP contribution in [0.1, 0.15) is 23.6 Å². The summed E-state index contributed by atoms with van der Waals surface area (Å²) in [5.74, 6) is -1.63. The van der Waals surface area contributed by atoms with Gasteiger partial charge >= 0.3 is 0 Å². The summed E-state index contributed by atoms with van der Waals surface area (Å²) in [6, 6.07) is 18.1. The van der Waals surface area contributed by atoms with Crippen molar-refractivity contribution in [2.45, 2.75) is 38.3 Å². The van der Waals surface area contributed by atoms with Crippen LogP contribution in [0.25, 0.3) is 0 Å². The predicted molar refractivity (Wildman–Crippen MR) is 137 cm³/mol. The van der Waals surface area contributed by atoms with Gasteiger partial charge in [-0.25, -0.2) is 12.8 Å². The summed E-state index contributed by atoms with van der Waals surface area (Å²) >= 11 is 0. The number of hydrogen-bond donors (Lipinski definition) is 1. The molecule has 0 radical (unpaired) electrons. The predicted octanol–water partition coefficient (Wildman–Crippen LogP) is 3.80. The van der Waals surface area contributed by atoms with Crippen LogP contribution in [0.15, 0.2) is 77.7 Å². The van der Waals surface area contributed by atoms with Gasteiger partial charge in [0.1, 0.15) is 18.4 Å². The number of nitrogens with one attached hydrogen (secondary N) is 1. The third kappa shape index (κ3) is 6.09. The van der Waals surface area contributed by atoms with Crippen molar-refractivity contribution in [3.63, 3.8) is 0 Å². The number of aryl methyl sites for hydroxylation is 2. The van der Waals surface area contributed by atoms with E-state index in [-0.39, 0.29) is 17.0 Å². The molecule has 2 amide bonds. The van der Waals surface area contributed by atoms with Crippen LogP contribution in [0, 0.1) is 19.7 Å². The van der Waals surface area contributed by atoms with Gasteiger partial charge in [0.25, 0.3) is 10.0 Å². The zero-order chi connectivity index (χ0) is 26.5. The Bertz CT molecular complexity index is 1330. The summed E-state index contributed by atoms with van der Waals surface area (Å²) in [5.41, 5.74) is 2.19. The van der Waals surface area contributed by atoms with Crippen molar-refractivity contribution in [2.75, 3.05) is 17.9 Å². The Morgan fingerprint density at radius 1 is 0.944 bits per heavy atom. The normalized spacial score (nSPS) is 12.0. The second-order valence-electron chi connectivity index (χ2n) is 8.57. The van der Waals surface area contributed by atoms with E-state index in [0.717, 1.165) is 15.4 Å². The largest absolute Gasteiger partial charge is 0.357 e. The van der Waals surface area contributed by atoms with Crippen molar-refractivity contribution in [1.29, 1.82) is 0 Å². The van der Waals surface area contributed by atoms with Crippen LogP contribution in [0.5, 0.6) is 0 Å². The highest BCUT2D eigenvalue weighted by Crippen LogP contribution is 2.26. The van der Waals surface area contributed by atoms with Gasteiger partial charge in [-0.05, 0) is 62.2 Å². The Morgan fingerprint density at radius 3 is 2.11 bits per heavy atom. The molecule has 3 rings (SSSR count). The van der Waals surface area contributed by atoms with Crippen molar-refractivity contribution < 1.29 is 22.4 Å². The first-order valence-electron chi connectivity index (χ1n) is 11.4. The Labute approximate surface area is 211 Å². The van der Waals surface area contributed by atoms with E-state index in [1.165, 1.54) is 49.2 Å². The Balaban J connectivity index is 2.07. The first-order chi connectivity index (χ1) is 17.0. The number of likely N-dealkylation sites (N-methyl/N-ethyl adjacent to an activating group) is 1. The van der Waals surface area contributed by atoms with Gasteiger partial charge in [0.05, 0.1) is 10.6 Å². The molecule has 0 saturated carbocycles. The average Bonchev–Trinajstić information content (AvgIpc) is 2.85. The molecule has 0 saturated heterocycles. The fourth-order valence-corrected chi connectivity index (χ4v) is 5.36. The molecule has 0 heterocycles. The zero-order valence-electron chi connectivity index (χ0n) is 20.7. The highest BCUT2D eigenvalue weighted by atomic mass is 32.2. The molecule has 3 aromatic rings. The van der Waals surface area contributed by atoms with Crippen molar-refractivity contribution in [3.8, 4) is 0 Å². The van der Waals surface area contributed by atoms with E-state index in [1.807, 2.05) is 19.9 Å². The van der Waals surface area contributed by atoms with Crippen LogP contribution in [0.3, 0.4) is 0 Å². The third-order valence-electron chi connectivity index (χ3n) is 5.82. The topological polar surface area (TPSA) is 86.8 Å². The number of carbonyl (C=O) groups excluding carboxylic acids is 2. The molecule has 9 heteroatoms. The molecule has 36 heavy (non-hydrogen) atoms. The lowest BCUT2D eigenvalue weighted by molar-refractivity contribution is -0.139. The van der Waals surface area contributed by atoms with Crippen LogP contribution < -0.4 is 9.62 Å². The lowest BCUT2D eigenvalue weighted by Gasteiger charge is -2.32. The van der Waals surface area contributed by atoms with E-state index in [0.29, 0.717) is 5.69 Å². The molecule has 0 aromatic heterocycles. The Morgan fingerprint density at radius 2 is 1.53 bits per heavy atom. The summed E-state index contributed by atoms with van der Waals surface area (Å²) in [4.78, 5) is 27.3. The van der Waals surface area contributed by atoms with Gasteiger partial charge in [0, 0.05) is 19.2 Å². The minimum Gasteiger partial charge on any atom is -0.357 e. The number of hydrogen-bond acceptors (Lipinski definition) is 4. The fraction of sp³-hybridized carbons (Fsp3) is 0.259. The van der Waals surface area contributed by atoms with Crippen molar-refractivity contribution >= 4 is 27.5 Å². The average molecular weight is 512 g/mol. The molecule has 190 valence electrons. The van der Waals surface area contributed by atoms with E-state index in [4.69, 9.17) is 0 Å². The molecule has 0 aliphatic rings. The molecular formula is C27H30FN3O4S. The second-order valence-corrected chi connectivity index (χ2v) is 10.4. The van der Waals surface area contributed by atoms with Gasteiger partial charge in [-0.1, -0.05) is 42.5 Å². The van der Waals surface area contributed by atoms with E-state index in [2.05, 4.69) is 5.32 Å². The molecule has 1 N–H and O–H groups in total. The maximum Gasteiger partial charge on any atom is 0.264 e. The van der Waals surface area contributed by atoms with E-state index in [1.54, 1.807) is 36.4 Å². The van der Waals surface area contributed by atoms with Gasteiger partial charge in [-0.3, -0.25) is 13.9 Å². The number of carbonyl (C=O) groups is 2. The molecule has 0 spiro atoms. The minimum atomic E-state index is -4.14. The molecular weight excluding hydrogens is 481 g/mol. The summed E-state index contributed by atoms with van der Waals surface area (Å²) < 4.78 is 42.9. The molecule has 0 bridgehead atoms. The molecule has 7 nitrogen and oxygen atoms in total. The van der Waals surface area contributed by atoms with Gasteiger partial charge in [-0.15, -0.1) is 0 Å². The van der Waals surface area contributed by atoms with Crippen LogP contribution in [0.2, 0.25) is 0 Å². The Hall–Kier alpha value is -3.72. The molecule has 0 fully saturated rings. The van der Waals surface area contributed by atoms with Crippen LogP contribution in [-0.2, 0) is 26.2 Å². The lowest BCUT2D eigenvalue weighted by atomic mass is 10.1. The molecule has 0 aliphatic carbocycles. The standard InChI is InChI=1S/C27H30FN3O4S/c1-19-14-20(2)16-23(15-19)31(36(34,35)24-11-6-5-7-12-24)18-26(32)30(21(3)27(33)29-4)17-22-10-8-9-13-25(22)28/h5-16,21H,17-18H2,1-4H3,(H,29,33). The van der Waals surface area contributed by atoms with Crippen LogP contribution >= 0.6 is 0 Å². The van der Waals surface area contributed by atoms with E-state index >= 15 is 0 Å². The van der Waals surface area contributed by atoms with Crippen molar-refractivity contribution in [1.82, 2.24) is 10.2 Å². The van der Waals surface area contributed by atoms with Crippen LogP contribution in [-0.4, -0.2) is 44.8 Å². The van der Waals surface area contributed by atoms with Gasteiger partial charge in [-0.2, -0.15) is 0 Å². The maximum atomic E-state index is 14.4. The van der Waals surface area contributed by atoms with Crippen molar-refractivity contribution in [3.05, 3.63) is 95.3 Å². The van der Waals surface area contributed by atoms with Crippen molar-refractivity contribution in [2.24, 2.45) is 0 Å². The highest BCUT2D eigenvalue weighted by molar-refractivity contribution is 7.92. The van der Waals surface area contributed by atoms with Gasteiger partial charge < -0.3 is 10.2 Å². The fourth-order valence-electron chi connectivity index (χ4n) is 3.94.